The summed E-state index contributed by atoms with van der Waals surface area (Å²) in [5.74, 6) is -0.891. The summed E-state index contributed by atoms with van der Waals surface area (Å²) in [5.41, 5.74) is -0.0255. The molecule has 1 heterocycles. The predicted octanol–water partition coefficient (Wildman–Crippen LogP) is 3.13. The van der Waals surface area contributed by atoms with Crippen LogP contribution in [0.2, 0.25) is 0 Å². The van der Waals surface area contributed by atoms with Crippen LogP contribution in [0.15, 0.2) is 18.2 Å². The molecule has 0 aromatic heterocycles. The van der Waals surface area contributed by atoms with Crippen LogP contribution in [0.3, 0.4) is 0 Å². The van der Waals surface area contributed by atoms with E-state index in [1.807, 2.05) is 6.92 Å². The molecule has 0 amide bonds. The van der Waals surface area contributed by atoms with E-state index in [2.05, 4.69) is 0 Å². The van der Waals surface area contributed by atoms with Crippen molar-refractivity contribution in [2.75, 3.05) is 11.4 Å². The van der Waals surface area contributed by atoms with Gasteiger partial charge >= 0.3 is 5.97 Å². The first-order valence-electron chi connectivity index (χ1n) is 7.19. The lowest BCUT2D eigenvalue weighted by atomic mass is 9.90. The molecule has 2 rings (SSSR count). The number of nitro groups is 1. The van der Waals surface area contributed by atoms with Crippen molar-refractivity contribution in [2.45, 2.75) is 45.1 Å². The van der Waals surface area contributed by atoms with Gasteiger partial charge in [0, 0.05) is 12.1 Å². The zero-order valence-electron chi connectivity index (χ0n) is 12.3. The molecule has 1 aromatic rings. The third-order valence-electron chi connectivity index (χ3n) is 4.24. The van der Waals surface area contributed by atoms with Crippen LogP contribution in [0.5, 0.6) is 0 Å². The van der Waals surface area contributed by atoms with Gasteiger partial charge in [-0.05, 0) is 32.3 Å². The summed E-state index contributed by atoms with van der Waals surface area (Å²) in [5, 5.41) is 21.1. The molecular weight excluding hydrogens is 272 g/mol. The molecule has 0 spiro atoms. The normalized spacial score (nSPS) is 21.5. The highest BCUT2D eigenvalue weighted by Crippen LogP contribution is 2.42. The van der Waals surface area contributed by atoms with Crippen molar-refractivity contribution in [3.63, 3.8) is 0 Å². The van der Waals surface area contributed by atoms with Gasteiger partial charge in [0.1, 0.15) is 11.2 Å². The highest BCUT2D eigenvalue weighted by atomic mass is 16.6. The predicted molar refractivity (Wildman–Crippen MR) is 79.7 cm³/mol. The fraction of sp³-hybridized carbons (Fsp3) is 0.533. The van der Waals surface area contributed by atoms with Gasteiger partial charge in [-0.15, -0.1) is 0 Å². The first-order chi connectivity index (χ1) is 9.94. The van der Waals surface area contributed by atoms with Crippen molar-refractivity contribution >= 4 is 17.3 Å². The molecule has 1 aromatic carbocycles. The van der Waals surface area contributed by atoms with Crippen molar-refractivity contribution in [1.29, 1.82) is 0 Å². The smallest absolute Gasteiger partial charge is 0.329 e. The Labute approximate surface area is 123 Å². The Morgan fingerprint density at radius 1 is 1.52 bits per heavy atom. The lowest BCUT2D eigenvalue weighted by molar-refractivity contribution is -0.384. The van der Waals surface area contributed by atoms with Crippen LogP contribution < -0.4 is 4.90 Å². The zero-order chi connectivity index (χ0) is 15.6. The van der Waals surface area contributed by atoms with Crippen LogP contribution in [0, 0.1) is 17.0 Å². The van der Waals surface area contributed by atoms with Gasteiger partial charge in [-0.1, -0.05) is 25.5 Å². The van der Waals surface area contributed by atoms with E-state index in [9.17, 15) is 20.0 Å². The minimum absolute atomic E-state index is 0.0149. The lowest BCUT2D eigenvalue weighted by Crippen LogP contribution is -2.51. The number of anilines is 1. The molecule has 1 aliphatic heterocycles. The molecule has 1 aliphatic rings. The van der Waals surface area contributed by atoms with E-state index in [0.717, 1.165) is 12.8 Å². The van der Waals surface area contributed by atoms with E-state index >= 15 is 0 Å². The van der Waals surface area contributed by atoms with Crippen LogP contribution >= 0.6 is 0 Å². The Kier molecular flexibility index (Phi) is 4.16. The van der Waals surface area contributed by atoms with Crippen LogP contribution in [-0.2, 0) is 4.79 Å². The molecule has 0 aliphatic carbocycles. The molecule has 6 nitrogen and oxygen atoms in total. The number of rotatable bonds is 5. The third-order valence-corrected chi connectivity index (χ3v) is 4.24. The molecule has 0 bridgehead atoms. The lowest BCUT2D eigenvalue weighted by Gasteiger charge is -2.36. The largest absolute Gasteiger partial charge is 0.479 e. The number of aliphatic carboxylic acids is 1. The van der Waals surface area contributed by atoms with Crippen molar-refractivity contribution in [2.24, 2.45) is 0 Å². The van der Waals surface area contributed by atoms with Crippen LogP contribution in [-0.4, -0.2) is 28.1 Å². The quantitative estimate of drug-likeness (QED) is 0.666. The highest BCUT2D eigenvalue weighted by Gasteiger charge is 2.48. The Morgan fingerprint density at radius 3 is 2.81 bits per heavy atom. The van der Waals surface area contributed by atoms with Gasteiger partial charge in [0.05, 0.1) is 4.92 Å². The van der Waals surface area contributed by atoms with E-state index in [0.29, 0.717) is 30.6 Å². The molecule has 0 saturated carbocycles. The molecule has 1 N–H and O–H groups in total. The van der Waals surface area contributed by atoms with Gasteiger partial charge in [0.25, 0.3) is 5.69 Å². The van der Waals surface area contributed by atoms with Gasteiger partial charge in [-0.3, -0.25) is 10.1 Å². The Hall–Kier alpha value is -2.11. The average Bonchev–Trinajstić information content (AvgIpc) is 2.83. The van der Waals surface area contributed by atoms with E-state index in [1.54, 1.807) is 30.0 Å². The molecule has 1 unspecified atom stereocenters. The highest BCUT2D eigenvalue weighted by molar-refractivity contribution is 5.86. The molecule has 1 atom stereocenters. The Bertz CT molecular complexity index is 573. The van der Waals surface area contributed by atoms with Gasteiger partial charge in [-0.2, -0.15) is 0 Å². The summed E-state index contributed by atoms with van der Waals surface area (Å²) in [6.45, 7) is 4.16. The minimum Gasteiger partial charge on any atom is -0.479 e. The summed E-state index contributed by atoms with van der Waals surface area (Å²) in [6, 6.07) is 5.08. The molecular formula is C15H20N2O4. The number of benzene rings is 1. The molecule has 114 valence electrons. The molecule has 21 heavy (non-hydrogen) atoms. The van der Waals surface area contributed by atoms with Crippen LogP contribution in [0.25, 0.3) is 0 Å². The fourth-order valence-electron chi connectivity index (χ4n) is 3.33. The third kappa shape index (κ3) is 2.46. The number of carbonyl (C=O) groups is 1. The van der Waals surface area contributed by atoms with Crippen LogP contribution in [0.1, 0.15) is 38.2 Å². The van der Waals surface area contributed by atoms with E-state index in [-0.39, 0.29) is 5.69 Å². The van der Waals surface area contributed by atoms with E-state index < -0.39 is 16.4 Å². The standard InChI is InChI=1S/C15H20N2O4/c1-3-8-15(14(18)19)9-5-10-16(15)12-7-4-6-11(2)13(12)17(20)21/h4,6-7H,3,5,8-10H2,1-2H3,(H,18,19). The number of para-hydroxylation sites is 1. The summed E-state index contributed by atoms with van der Waals surface area (Å²) in [4.78, 5) is 24.5. The first-order valence-corrected chi connectivity index (χ1v) is 7.19. The van der Waals surface area contributed by atoms with Crippen molar-refractivity contribution in [3.8, 4) is 0 Å². The second-order valence-electron chi connectivity index (χ2n) is 5.54. The maximum Gasteiger partial charge on any atom is 0.329 e. The number of aryl methyl sites for hydroxylation is 1. The monoisotopic (exact) mass is 292 g/mol. The number of carboxylic acid groups (broad SMARTS) is 1. The number of hydrogen-bond acceptors (Lipinski definition) is 4. The molecule has 1 fully saturated rings. The average molecular weight is 292 g/mol. The maximum absolute atomic E-state index is 11.9. The van der Waals surface area contributed by atoms with Gasteiger partial charge in [0.15, 0.2) is 0 Å². The minimum atomic E-state index is -1.02. The maximum atomic E-state index is 11.9. The van der Waals surface area contributed by atoms with Crippen molar-refractivity contribution in [3.05, 3.63) is 33.9 Å². The van der Waals surface area contributed by atoms with Crippen molar-refractivity contribution < 1.29 is 14.8 Å². The van der Waals surface area contributed by atoms with Gasteiger partial charge < -0.3 is 10.0 Å². The fourth-order valence-corrected chi connectivity index (χ4v) is 3.33. The molecule has 6 heteroatoms. The van der Waals surface area contributed by atoms with Gasteiger partial charge in [0.2, 0.25) is 0 Å². The topological polar surface area (TPSA) is 83.7 Å². The Morgan fingerprint density at radius 2 is 2.24 bits per heavy atom. The zero-order valence-corrected chi connectivity index (χ0v) is 12.3. The second kappa shape index (κ2) is 5.71. The summed E-state index contributed by atoms with van der Waals surface area (Å²) < 4.78 is 0. The number of nitro benzene ring substituents is 1. The Balaban J connectivity index is 2.57. The number of carboxylic acids is 1. The van der Waals surface area contributed by atoms with E-state index in [4.69, 9.17) is 0 Å². The SMILES string of the molecule is CCCC1(C(=O)O)CCCN1c1cccc(C)c1[N+](=O)[O-]. The first kappa shape index (κ1) is 15.3. The summed E-state index contributed by atoms with van der Waals surface area (Å²) >= 11 is 0. The van der Waals surface area contributed by atoms with Crippen LogP contribution in [0.4, 0.5) is 11.4 Å². The second-order valence-corrected chi connectivity index (χ2v) is 5.54. The molecule has 0 radical (unpaired) electrons. The summed E-state index contributed by atoms with van der Waals surface area (Å²) in [6.07, 6.45) is 2.48. The summed E-state index contributed by atoms with van der Waals surface area (Å²) in [7, 11) is 0. The van der Waals surface area contributed by atoms with Gasteiger partial charge in [-0.25, -0.2) is 4.79 Å². The molecule has 1 saturated heterocycles. The number of nitrogens with zero attached hydrogens (tertiary/aromatic N) is 2. The van der Waals surface area contributed by atoms with Crippen molar-refractivity contribution in [1.82, 2.24) is 0 Å². The van der Waals surface area contributed by atoms with E-state index in [1.165, 1.54) is 0 Å². The number of hydrogen-bond donors (Lipinski definition) is 1.